The zero-order valence-electron chi connectivity index (χ0n) is 19.5. The smallest absolute Gasteiger partial charge is 0.251 e. The number of methoxy groups -OCH3 is 1. The van der Waals surface area contributed by atoms with E-state index in [2.05, 4.69) is 10.6 Å². The van der Waals surface area contributed by atoms with Crippen molar-refractivity contribution in [1.82, 2.24) is 15.5 Å². The maximum absolute atomic E-state index is 13.1. The van der Waals surface area contributed by atoms with Gasteiger partial charge in [-0.2, -0.15) is 0 Å². The fraction of sp³-hybridized carbons (Fsp3) is 0.696. The van der Waals surface area contributed by atoms with Gasteiger partial charge in [0.2, 0.25) is 5.91 Å². The van der Waals surface area contributed by atoms with Crippen molar-refractivity contribution in [3.63, 3.8) is 0 Å². The maximum Gasteiger partial charge on any atom is 0.251 e. The van der Waals surface area contributed by atoms with E-state index < -0.39 is 6.04 Å². The molecule has 0 saturated heterocycles. The van der Waals surface area contributed by atoms with Gasteiger partial charge in [0, 0.05) is 25.9 Å². The number of nitrogens with one attached hydrogen (secondary N) is 3. The Morgan fingerprint density at radius 1 is 1.35 bits per heavy atom. The van der Waals surface area contributed by atoms with Gasteiger partial charge in [0.25, 0.3) is 5.91 Å². The van der Waals surface area contributed by atoms with Crippen LogP contribution in [-0.4, -0.2) is 60.5 Å². The molecular formula is C23H38N4O4. The lowest BCUT2D eigenvalue weighted by Crippen LogP contribution is -2.50. The molecule has 0 aromatic rings. The molecule has 3 N–H and O–H groups in total. The number of hydrogen-bond acceptors (Lipinski definition) is 6. The third-order valence-electron chi connectivity index (χ3n) is 5.70. The molecular weight excluding hydrogens is 396 g/mol. The summed E-state index contributed by atoms with van der Waals surface area (Å²) in [6, 6.07) is -0.616. The molecule has 2 aliphatic rings. The van der Waals surface area contributed by atoms with Gasteiger partial charge >= 0.3 is 0 Å². The van der Waals surface area contributed by atoms with Crippen molar-refractivity contribution in [3.05, 3.63) is 24.1 Å². The normalized spacial score (nSPS) is 18.6. The van der Waals surface area contributed by atoms with Crippen molar-refractivity contribution in [2.75, 3.05) is 20.2 Å². The summed E-state index contributed by atoms with van der Waals surface area (Å²) in [6.45, 7) is 8.58. The minimum Gasteiger partial charge on any atom is -0.493 e. The molecule has 0 unspecified atom stereocenters. The number of nitrogens with zero attached hydrogens (tertiary/aromatic N) is 1. The second-order valence-electron chi connectivity index (χ2n) is 9.23. The van der Waals surface area contributed by atoms with Crippen LogP contribution in [0.15, 0.2) is 24.1 Å². The molecule has 2 rings (SSSR count). The number of carbonyl (C=O) groups excluding carboxylic acids is 2. The van der Waals surface area contributed by atoms with E-state index in [4.69, 9.17) is 14.9 Å². The summed E-state index contributed by atoms with van der Waals surface area (Å²) in [7, 11) is 1.64. The van der Waals surface area contributed by atoms with E-state index in [-0.39, 0.29) is 29.4 Å². The molecule has 0 spiro atoms. The third kappa shape index (κ3) is 8.01. The lowest BCUT2D eigenvalue weighted by atomic mass is 9.96. The van der Waals surface area contributed by atoms with Gasteiger partial charge in [-0.25, -0.2) is 0 Å². The first-order valence-corrected chi connectivity index (χ1v) is 11.1. The highest BCUT2D eigenvalue weighted by molar-refractivity contribution is 6.05. The summed E-state index contributed by atoms with van der Waals surface area (Å²) in [4.78, 5) is 27.2. The predicted molar refractivity (Wildman–Crippen MR) is 120 cm³/mol. The average Bonchev–Trinajstić information content (AvgIpc) is 3.32. The lowest BCUT2D eigenvalue weighted by molar-refractivity contribution is -0.135. The van der Waals surface area contributed by atoms with Crippen molar-refractivity contribution < 1.29 is 19.1 Å². The van der Waals surface area contributed by atoms with Crippen LogP contribution in [0.25, 0.3) is 0 Å². The Labute approximate surface area is 185 Å². The zero-order chi connectivity index (χ0) is 23.0. The highest BCUT2D eigenvalue weighted by Crippen LogP contribution is 2.31. The van der Waals surface area contributed by atoms with Crippen molar-refractivity contribution in [2.45, 2.75) is 77.5 Å². The summed E-state index contributed by atoms with van der Waals surface area (Å²) in [6.07, 6.45) is 9.63. The molecule has 174 valence electrons. The van der Waals surface area contributed by atoms with Crippen LogP contribution in [0.2, 0.25) is 0 Å². The third-order valence-corrected chi connectivity index (χ3v) is 5.70. The molecule has 31 heavy (non-hydrogen) atoms. The van der Waals surface area contributed by atoms with Crippen molar-refractivity contribution in [2.24, 2.45) is 5.92 Å². The van der Waals surface area contributed by atoms with Crippen molar-refractivity contribution >= 4 is 17.6 Å². The highest BCUT2D eigenvalue weighted by Gasteiger charge is 2.36. The SMILES string of the molecule is COC(C)(C)CN/C=C\C(=N)NC(=O)[C@H](CC1CCCC1)N1CC(OC(C)C)=CC1=O. The Morgan fingerprint density at radius 3 is 2.65 bits per heavy atom. The first kappa shape index (κ1) is 24.9. The van der Waals surface area contributed by atoms with Crippen LogP contribution in [0.5, 0.6) is 0 Å². The van der Waals surface area contributed by atoms with Gasteiger partial charge in [-0.1, -0.05) is 25.7 Å². The minimum absolute atomic E-state index is 0.0256. The van der Waals surface area contributed by atoms with E-state index in [1.165, 1.54) is 12.2 Å². The van der Waals surface area contributed by atoms with Crippen LogP contribution >= 0.6 is 0 Å². The van der Waals surface area contributed by atoms with Gasteiger partial charge in [-0.05, 0) is 46.1 Å². The van der Waals surface area contributed by atoms with E-state index in [9.17, 15) is 9.59 Å². The van der Waals surface area contributed by atoms with E-state index in [1.807, 2.05) is 27.7 Å². The first-order chi connectivity index (χ1) is 14.6. The molecule has 1 fully saturated rings. The Balaban J connectivity index is 1.98. The number of amidine groups is 1. The van der Waals surface area contributed by atoms with E-state index >= 15 is 0 Å². The second kappa shape index (κ2) is 11.3. The highest BCUT2D eigenvalue weighted by atomic mass is 16.5. The standard InChI is InChI=1S/C23H38N4O4/c1-16(2)31-18-13-21(28)27(14-18)19(12-17-8-6-7-9-17)22(29)26-20(24)10-11-25-15-23(3,4)30-5/h10-11,13,16-17,19,25H,6-9,12,14-15H2,1-5H3,(H2,24,26,29)/b11-10-/t19-/m0/s1. The van der Waals surface area contributed by atoms with Crippen LogP contribution in [0.1, 0.15) is 59.8 Å². The van der Waals surface area contributed by atoms with Gasteiger partial charge in [0.1, 0.15) is 17.6 Å². The molecule has 0 aromatic heterocycles. The van der Waals surface area contributed by atoms with Crippen LogP contribution in [-0.2, 0) is 19.1 Å². The summed E-state index contributed by atoms with van der Waals surface area (Å²) in [5, 5.41) is 13.8. The Hall–Kier alpha value is -2.35. The summed E-state index contributed by atoms with van der Waals surface area (Å²) in [5.41, 5.74) is -0.332. The van der Waals surface area contributed by atoms with Gasteiger partial charge in [0.05, 0.1) is 18.2 Å². The predicted octanol–water partition coefficient (Wildman–Crippen LogP) is 2.71. The topological polar surface area (TPSA) is 104 Å². The molecule has 8 nitrogen and oxygen atoms in total. The number of amides is 2. The summed E-state index contributed by atoms with van der Waals surface area (Å²) < 4.78 is 11.0. The fourth-order valence-electron chi connectivity index (χ4n) is 3.86. The Bertz CT molecular complexity index is 708. The van der Waals surface area contributed by atoms with Gasteiger partial charge < -0.3 is 25.0 Å². The van der Waals surface area contributed by atoms with Crippen LogP contribution in [0, 0.1) is 11.3 Å². The largest absolute Gasteiger partial charge is 0.493 e. The quantitative estimate of drug-likeness (QED) is 0.343. The number of hydrogen-bond donors (Lipinski definition) is 3. The molecule has 0 radical (unpaired) electrons. The molecule has 1 heterocycles. The number of rotatable bonds is 11. The van der Waals surface area contributed by atoms with E-state index in [0.29, 0.717) is 31.2 Å². The average molecular weight is 435 g/mol. The molecule has 1 saturated carbocycles. The van der Waals surface area contributed by atoms with E-state index in [0.717, 1.165) is 25.7 Å². The van der Waals surface area contributed by atoms with Gasteiger partial charge in [-0.3, -0.25) is 15.0 Å². The molecule has 1 aliphatic heterocycles. The summed E-state index contributed by atoms with van der Waals surface area (Å²) >= 11 is 0. The van der Waals surface area contributed by atoms with Crippen molar-refractivity contribution in [3.8, 4) is 0 Å². The molecule has 0 bridgehead atoms. The summed E-state index contributed by atoms with van der Waals surface area (Å²) in [5.74, 6) is 0.443. The molecule has 1 atom stereocenters. The monoisotopic (exact) mass is 434 g/mol. The number of carbonyl (C=O) groups is 2. The Kier molecular flexibility index (Phi) is 9.10. The number of ether oxygens (including phenoxy) is 2. The maximum atomic E-state index is 13.1. The molecule has 2 amide bonds. The van der Waals surface area contributed by atoms with Crippen LogP contribution in [0.4, 0.5) is 0 Å². The zero-order valence-corrected chi connectivity index (χ0v) is 19.5. The second-order valence-corrected chi connectivity index (χ2v) is 9.23. The van der Waals surface area contributed by atoms with Crippen molar-refractivity contribution in [1.29, 1.82) is 5.41 Å². The lowest BCUT2D eigenvalue weighted by Gasteiger charge is -2.29. The van der Waals surface area contributed by atoms with Crippen LogP contribution < -0.4 is 10.6 Å². The van der Waals surface area contributed by atoms with E-state index in [1.54, 1.807) is 18.2 Å². The Morgan fingerprint density at radius 2 is 2.03 bits per heavy atom. The van der Waals surface area contributed by atoms with Crippen LogP contribution in [0.3, 0.4) is 0 Å². The minimum atomic E-state index is -0.616. The van der Waals surface area contributed by atoms with Gasteiger partial charge in [-0.15, -0.1) is 0 Å². The molecule has 1 aliphatic carbocycles. The molecule has 0 aromatic carbocycles. The first-order valence-electron chi connectivity index (χ1n) is 11.1. The van der Waals surface area contributed by atoms with Gasteiger partial charge in [0.15, 0.2) is 0 Å². The fourth-order valence-corrected chi connectivity index (χ4v) is 3.86. The molecule has 8 heteroatoms.